The summed E-state index contributed by atoms with van der Waals surface area (Å²) in [4.78, 5) is 95.3. The van der Waals surface area contributed by atoms with Gasteiger partial charge >= 0.3 is 6.03 Å². The number of nitrogens with zero attached hydrogens (tertiary/aromatic N) is 10. The molecule has 0 unspecified atom stereocenters. The minimum atomic E-state index is -0.749. The van der Waals surface area contributed by atoms with E-state index in [0.29, 0.717) is 79.1 Å². The molecule has 136 heavy (non-hydrogen) atoms. The number of pyridine rings is 3. The number of furan rings is 3. The maximum Gasteiger partial charge on any atom is 0.343 e. The number of nitriles is 1. The van der Waals surface area contributed by atoms with Crippen molar-refractivity contribution in [2.75, 3.05) is 24.5 Å². The zero-order chi connectivity index (χ0) is 94.1. The highest BCUT2D eigenvalue weighted by atomic mass is 16.5. The van der Waals surface area contributed by atoms with Gasteiger partial charge in [-0.25, -0.2) is 24.7 Å². The Morgan fingerprint density at radius 3 is 1.09 bits per heavy atom. The molecule has 0 spiro atoms. The highest BCUT2D eigenvalue weighted by Gasteiger charge is 2.47. The summed E-state index contributed by atoms with van der Waals surface area (Å²) in [6, 6.07) is 103. The molecule has 0 atom stereocenters. The largest absolute Gasteiger partial charge is 0.461 e. The van der Waals surface area contributed by atoms with Crippen molar-refractivity contribution < 1.29 is 32.4 Å². The minimum Gasteiger partial charge on any atom is -0.461 e. The van der Waals surface area contributed by atoms with Gasteiger partial charge in [0.05, 0.1) is 64.9 Å². The van der Waals surface area contributed by atoms with E-state index in [9.17, 15) is 29.2 Å². The zero-order valence-electron chi connectivity index (χ0n) is 75.9. The number of carbonyl (C=O) groups excluding carboxylic acids is 3. The Kier molecular flexibility index (Phi) is 21.9. The standard InChI is InChI=1S/C41H30N4O4.C38H32N4O2.C38H26N2O3/c1-41(2)34-23-31(43(27-15-7-3-8-16-27)28-17-9-4-10-18-28)26-42-36(34)37-35(41)25-32(49-37)24-33-38(46)44(29-19-11-5-12-20-29)40(48)45(39(33)47)30-21-13-6-14-22-30;1-37(2,3)34-20-25(33(23-39)40-6)19-29(43-34)17-18-30-22-32-36(44-30)35-31(38(32,4)5)21-28(24-41-35)42(26-13-9-7-10-14-26)27-15-11-8-12-16-27;1-38(2)31-19-26(40(24-13-5-3-6-14-24)25-15-7-4-8-16-25)22-39-34(31)37-32(38)21-27(43-37)20-30-35(41)28-17-9-11-23-12-10-18-29(33(23)28)36(30)42/h3-26H,1-2H3;7-22,24H,1-5H3;3-22H,1-2H3/b;18-17+,33-25+;. The van der Waals surface area contributed by atoms with Gasteiger partial charge in [-0.3, -0.25) is 34.1 Å². The molecule has 5 aliphatic rings. The summed E-state index contributed by atoms with van der Waals surface area (Å²) >= 11 is 0. The second kappa shape index (κ2) is 34.6. The average Bonchev–Trinajstić information content (AvgIpc) is 1.56. The molecule has 1 saturated heterocycles. The molecule has 660 valence electrons. The number of benzene rings is 11. The first-order valence-corrected chi connectivity index (χ1v) is 44.7. The first kappa shape index (κ1) is 86.4. The van der Waals surface area contributed by atoms with E-state index in [1.807, 2.05) is 203 Å². The molecule has 8 heterocycles. The number of carbonyl (C=O) groups is 3. The van der Waals surface area contributed by atoms with E-state index in [1.54, 1.807) is 91.0 Å². The lowest BCUT2D eigenvalue weighted by molar-refractivity contribution is -0.121. The first-order valence-electron chi connectivity index (χ1n) is 44.7. The van der Waals surface area contributed by atoms with Gasteiger partial charge in [0.25, 0.3) is 17.5 Å². The van der Waals surface area contributed by atoms with Crippen LogP contribution in [0.2, 0.25) is 0 Å². The Labute approximate surface area is 785 Å². The summed E-state index contributed by atoms with van der Waals surface area (Å²) in [6.45, 7) is 26.4. The Bertz CT molecular complexity index is 7820. The first-order chi connectivity index (χ1) is 65.8. The fourth-order valence-corrected chi connectivity index (χ4v) is 18.6. The minimum absolute atomic E-state index is 0.0276. The van der Waals surface area contributed by atoms with Gasteiger partial charge in [0, 0.05) is 88.6 Å². The lowest BCUT2D eigenvalue weighted by atomic mass is 9.83. The molecular weight excluding hydrogens is 1690 g/mol. The molecule has 19 nitrogen and oxygen atoms in total. The van der Waals surface area contributed by atoms with Crippen LogP contribution in [-0.2, 0) is 30.6 Å². The molecule has 0 bridgehead atoms. The van der Waals surface area contributed by atoms with Crippen molar-refractivity contribution in [1.82, 2.24) is 15.0 Å². The molecular formula is C117H88N10O9. The predicted molar refractivity (Wildman–Crippen MR) is 536 cm³/mol. The molecule has 2 aliphatic heterocycles. The third-order valence-corrected chi connectivity index (χ3v) is 25.6. The van der Waals surface area contributed by atoms with E-state index in [4.69, 9.17) is 39.5 Å². The number of fused-ring (bicyclic) bond motifs is 9. The number of imide groups is 2. The van der Waals surface area contributed by atoms with E-state index in [0.717, 1.165) is 117 Å². The highest BCUT2D eigenvalue weighted by molar-refractivity contribution is 6.46. The third kappa shape index (κ3) is 15.5. The molecule has 6 aromatic heterocycles. The lowest BCUT2D eigenvalue weighted by Gasteiger charge is -2.33. The van der Waals surface area contributed by atoms with Gasteiger partial charge in [0.2, 0.25) is 0 Å². The molecule has 19 heteroatoms. The number of para-hydroxylation sites is 8. The summed E-state index contributed by atoms with van der Waals surface area (Å²) in [5.74, 6) is 3.22. The van der Waals surface area contributed by atoms with Crippen molar-refractivity contribution >= 4 is 120 Å². The molecule has 17 aromatic rings. The monoisotopic (exact) mass is 1780 g/mol. The predicted octanol–water partition coefficient (Wildman–Crippen LogP) is 26.5. The van der Waals surface area contributed by atoms with Gasteiger partial charge in [0.1, 0.15) is 51.5 Å². The number of anilines is 11. The number of aromatic nitrogens is 3. The van der Waals surface area contributed by atoms with Crippen molar-refractivity contribution in [3.05, 3.63) is 468 Å². The highest BCUT2D eigenvalue weighted by Crippen LogP contribution is 2.55. The molecule has 4 amide bonds. The fourth-order valence-electron chi connectivity index (χ4n) is 18.6. The van der Waals surface area contributed by atoms with E-state index in [-0.39, 0.29) is 38.2 Å². The van der Waals surface area contributed by atoms with Crippen LogP contribution in [-0.4, -0.2) is 32.8 Å². The third-order valence-electron chi connectivity index (χ3n) is 25.6. The molecule has 0 radical (unpaired) electrons. The van der Waals surface area contributed by atoms with Crippen LogP contribution in [0, 0.1) is 23.3 Å². The van der Waals surface area contributed by atoms with Crippen LogP contribution in [0.4, 0.5) is 67.4 Å². The average molecular weight is 1780 g/mol. The van der Waals surface area contributed by atoms with Crippen molar-refractivity contribution in [1.29, 1.82) is 5.26 Å². The van der Waals surface area contributed by atoms with Gasteiger partial charge in [0.15, 0.2) is 28.1 Å². The van der Waals surface area contributed by atoms with Crippen molar-refractivity contribution in [2.45, 2.75) is 78.6 Å². The Hall–Kier alpha value is -17.7. The van der Waals surface area contributed by atoms with Crippen molar-refractivity contribution in [3.63, 3.8) is 0 Å². The smallest absolute Gasteiger partial charge is 0.343 e. The second-order valence-electron chi connectivity index (χ2n) is 36.3. The number of hydrogen-bond acceptors (Lipinski definition) is 16. The number of urea groups is 1. The number of rotatable bonds is 15. The quantitative estimate of drug-likeness (QED) is 0.0403. The van der Waals surface area contributed by atoms with Crippen LogP contribution in [0.25, 0.3) is 79.0 Å². The van der Waals surface area contributed by atoms with E-state index in [2.05, 4.69) is 158 Å². The molecule has 0 N–H and O–H groups in total. The molecule has 22 rings (SSSR count). The van der Waals surface area contributed by atoms with Crippen LogP contribution in [0.15, 0.2) is 403 Å². The van der Waals surface area contributed by atoms with Crippen molar-refractivity contribution in [3.8, 4) is 40.4 Å². The zero-order valence-corrected chi connectivity index (χ0v) is 75.9. The van der Waals surface area contributed by atoms with E-state index >= 15 is 0 Å². The second-order valence-corrected chi connectivity index (χ2v) is 36.3. The molecule has 3 aliphatic carbocycles. The van der Waals surface area contributed by atoms with E-state index < -0.39 is 28.7 Å². The van der Waals surface area contributed by atoms with Crippen LogP contribution in [0.3, 0.4) is 0 Å². The van der Waals surface area contributed by atoms with Gasteiger partial charge < -0.3 is 32.7 Å². The van der Waals surface area contributed by atoms with Gasteiger partial charge in [-0.05, 0) is 198 Å². The number of amides is 4. The van der Waals surface area contributed by atoms with Crippen LogP contribution in [0.1, 0.15) is 113 Å². The van der Waals surface area contributed by atoms with E-state index in [1.165, 1.54) is 6.08 Å². The SMILES string of the molecule is CC1(C)c2cc(N(c3ccccc3)c3ccccc3)cnc2-c2oc(C=C3C(=O)N(c4ccccc4)C(=O)N(c4ccccc4)C3=O)cc21.CC1(C)c2cc(N(c3ccccc3)c3ccccc3)cnc2-c2oc(C=c3c(=O)c4cccc5cccc(c3=O)c54)cc21.[C-]#[N+]/C(C#N)=C1C=C(/C=C/c2cc3c(o2)-c2ncc(N(c4ccccc4)c4ccccc4)cc2C3(C)C)OC(C(C)(C)C)=C\1. The summed E-state index contributed by atoms with van der Waals surface area (Å²) in [7, 11) is 0. The molecule has 0 saturated carbocycles. The summed E-state index contributed by atoms with van der Waals surface area (Å²) in [5.41, 5.74) is 16.4. The number of ether oxygens (including phenoxy) is 1. The van der Waals surface area contributed by atoms with Gasteiger partial charge in [-0.15, -0.1) is 0 Å². The topological polar surface area (TPSA) is 217 Å². The molecule has 11 aromatic carbocycles. The van der Waals surface area contributed by atoms with Crippen LogP contribution >= 0.6 is 0 Å². The summed E-state index contributed by atoms with van der Waals surface area (Å²) in [6.07, 6.45) is 15.8. The maximum absolute atomic E-state index is 13.9. The Morgan fingerprint density at radius 1 is 0.404 bits per heavy atom. The summed E-state index contributed by atoms with van der Waals surface area (Å²) in [5, 5.41) is 12.3. The Morgan fingerprint density at radius 2 is 0.743 bits per heavy atom. The van der Waals surface area contributed by atoms with Gasteiger partial charge in [-0.1, -0.05) is 244 Å². The van der Waals surface area contributed by atoms with Crippen LogP contribution < -0.4 is 40.6 Å². The lowest BCUT2D eigenvalue weighted by Crippen LogP contribution is -2.57. The molecule has 1 fully saturated rings. The Balaban J connectivity index is 0.000000127. The maximum atomic E-state index is 13.9. The van der Waals surface area contributed by atoms with Crippen molar-refractivity contribution in [2.24, 2.45) is 5.41 Å². The fraction of sp³-hybridized carbons (Fsp3) is 0.111. The number of barbiturate groups is 1. The normalized spacial score (nSPS) is 14.8. The number of allylic oxidation sites excluding steroid dienone is 6. The summed E-state index contributed by atoms with van der Waals surface area (Å²) < 4.78 is 25.3. The van der Waals surface area contributed by atoms with Gasteiger partial charge in [-0.2, -0.15) is 0 Å². The van der Waals surface area contributed by atoms with Crippen LogP contribution in [0.5, 0.6) is 0 Å². The number of hydrogen-bond donors (Lipinski definition) is 0.